The number of nitriles is 4. The van der Waals surface area contributed by atoms with Crippen molar-refractivity contribution in [2.45, 2.75) is 13.8 Å². The number of hydrogen-bond acceptors (Lipinski definition) is 4. The zero-order chi connectivity index (χ0) is 25.4. The standard InChI is InChI=1S/C32H18N4/c1-19-3-7-21(8-4-19)31-27-14-28-24(11-23(27)12-25(15-33)29(31)17-35)13-26(16-34)30(18-36)32(28)22-9-5-20(2)6-10-22/h3-14H,1-2H3. The molecular weight excluding hydrogens is 440 g/mol. The predicted molar refractivity (Wildman–Crippen MR) is 141 cm³/mol. The van der Waals surface area contributed by atoms with Gasteiger partial charge in [-0.2, -0.15) is 21.0 Å². The zero-order valence-corrected chi connectivity index (χ0v) is 19.7. The van der Waals surface area contributed by atoms with E-state index in [0.717, 1.165) is 43.8 Å². The van der Waals surface area contributed by atoms with Crippen LogP contribution in [-0.4, -0.2) is 0 Å². The van der Waals surface area contributed by atoms with E-state index in [4.69, 9.17) is 0 Å². The third-order valence-electron chi connectivity index (χ3n) is 6.54. The van der Waals surface area contributed by atoms with E-state index in [1.165, 1.54) is 0 Å². The summed E-state index contributed by atoms with van der Waals surface area (Å²) in [6.45, 7) is 3.99. The molecule has 4 nitrogen and oxygen atoms in total. The van der Waals surface area contributed by atoms with E-state index >= 15 is 0 Å². The quantitative estimate of drug-likeness (QED) is 0.257. The molecule has 0 aliphatic rings. The van der Waals surface area contributed by atoms with Crippen molar-refractivity contribution in [2.75, 3.05) is 0 Å². The molecular formula is C32H18N4. The summed E-state index contributed by atoms with van der Waals surface area (Å²) in [5, 5.41) is 42.9. The van der Waals surface area contributed by atoms with Crippen LogP contribution in [0.15, 0.2) is 72.8 Å². The molecule has 0 atom stereocenters. The molecule has 36 heavy (non-hydrogen) atoms. The minimum absolute atomic E-state index is 0.299. The largest absolute Gasteiger partial charge is 0.192 e. The van der Waals surface area contributed by atoms with Crippen molar-refractivity contribution >= 4 is 21.5 Å². The smallest absolute Gasteiger partial charge is 0.101 e. The highest BCUT2D eigenvalue weighted by Gasteiger charge is 2.20. The second-order valence-electron chi connectivity index (χ2n) is 8.82. The maximum absolute atomic E-state index is 10.0. The molecule has 0 spiro atoms. The molecule has 0 fully saturated rings. The van der Waals surface area contributed by atoms with Gasteiger partial charge in [0, 0.05) is 11.1 Å². The third-order valence-corrected chi connectivity index (χ3v) is 6.54. The first-order valence-corrected chi connectivity index (χ1v) is 11.3. The van der Waals surface area contributed by atoms with Crippen LogP contribution < -0.4 is 0 Å². The Kier molecular flexibility index (Phi) is 5.43. The molecule has 0 saturated heterocycles. The summed E-state index contributed by atoms with van der Waals surface area (Å²) in [5.74, 6) is 0. The van der Waals surface area contributed by atoms with Gasteiger partial charge in [0.2, 0.25) is 0 Å². The summed E-state index contributed by atoms with van der Waals surface area (Å²) < 4.78 is 0. The fraction of sp³-hybridized carbons (Fsp3) is 0.0625. The van der Waals surface area contributed by atoms with Crippen molar-refractivity contribution < 1.29 is 0 Å². The molecule has 0 aliphatic carbocycles. The van der Waals surface area contributed by atoms with E-state index in [0.29, 0.717) is 33.4 Å². The van der Waals surface area contributed by atoms with Crippen LogP contribution in [0.5, 0.6) is 0 Å². The maximum atomic E-state index is 10.0. The first-order chi connectivity index (χ1) is 17.5. The molecule has 0 heterocycles. The van der Waals surface area contributed by atoms with Gasteiger partial charge in [0.1, 0.15) is 24.3 Å². The number of rotatable bonds is 2. The molecule has 0 N–H and O–H groups in total. The van der Waals surface area contributed by atoms with Gasteiger partial charge in [-0.3, -0.25) is 0 Å². The Labute approximate surface area is 209 Å². The van der Waals surface area contributed by atoms with Gasteiger partial charge in [0.15, 0.2) is 0 Å². The SMILES string of the molecule is Cc1ccc(-c2c(C#N)c(C#N)cc3cc4cc(C#N)c(C#N)c(-c5ccc(C)cc5)c4cc23)cc1. The van der Waals surface area contributed by atoms with Crippen LogP contribution in [0.25, 0.3) is 43.8 Å². The van der Waals surface area contributed by atoms with Crippen LogP contribution in [0, 0.1) is 59.2 Å². The predicted octanol–water partition coefficient (Wildman–Crippen LogP) is 7.43. The highest BCUT2D eigenvalue weighted by molar-refractivity contribution is 6.12. The lowest BCUT2D eigenvalue weighted by atomic mass is 9.85. The minimum Gasteiger partial charge on any atom is -0.192 e. The zero-order valence-electron chi connectivity index (χ0n) is 19.7. The number of benzene rings is 5. The van der Waals surface area contributed by atoms with Crippen molar-refractivity contribution in [2.24, 2.45) is 0 Å². The molecule has 5 rings (SSSR count). The Hall–Kier alpha value is -5.42. The Bertz CT molecular complexity index is 1730. The van der Waals surface area contributed by atoms with Crippen molar-refractivity contribution in [3.05, 3.63) is 106 Å². The van der Waals surface area contributed by atoms with Gasteiger partial charge in [-0.05, 0) is 70.8 Å². The van der Waals surface area contributed by atoms with Crippen LogP contribution in [0.3, 0.4) is 0 Å². The summed E-state index contributed by atoms with van der Waals surface area (Å²) in [7, 11) is 0. The summed E-state index contributed by atoms with van der Waals surface area (Å²) >= 11 is 0. The topological polar surface area (TPSA) is 95.2 Å². The van der Waals surface area contributed by atoms with Crippen molar-refractivity contribution in [1.29, 1.82) is 21.0 Å². The van der Waals surface area contributed by atoms with Gasteiger partial charge in [0.05, 0.1) is 22.3 Å². The molecule has 0 saturated carbocycles. The van der Waals surface area contributed by atoms with Gasteiger partial charge in [-0.15, -0.1) is 0 Å². The summed E-state index contributed by atoms with van der Waals surface area (Å²) in [5.41, 5.74) is 6.46. The molecule has 5 aromatic carbocycles. The highest BCUT2D eigenvalue weighted by atomic mass is 14.3. The first kappa shape index (κ1) is 22.4. The number of fused-ring (bicyclic) bond motifs is 2. The second-order valence-corrected chi connectivity index (χ2v) is 8.82. The maximum Gasteiger partial charge on any atom is 0.101 e. The average Bonchev–Trinajstić information content (AvgIpc) is 2.90. The van der Waals surface area contributed by atoms with Gasteiger partial charge in [-0.1, -0.05) is 59.7 Å². The van der Waals surface area contributed by atoms with Gasteiger partial charge in [-0.25, -0.2) is 0 Å². The molecule has 0 aliphatic heterocycles. The van der Waals surface area contributed by atoms with Gasteiger partial charge >= 0.3 is 0 Å². The number of hydrogen-bond donors (Lipinski definition) is 0. The number of aryl methyl sites for hydroxylation is 2. The Morgan fingerprint density at radius 2 is 0.861 bits per heavy atom. The fourth-order valence-corrected chi connectivity index (χ4v) is 4.75. The van der Waals surface area contributed by atoms with Crippen molar-refractivity contribution in [1.82, 2.24) is 0 Å². The highest BCUT2D eigenvalue weighted by Crippen LogP contribution is 2.41. The van der Waals surface area contributed by atoms with Crippen LogP contribution in [-0.2, 0) is 0 Å². The summed E-state index contributed by atoms with van der Waals surface area (Å²) in [4.78, 5) is 0. The normalized spacial score (nSPS) is 10.4. The molecule has 0 bridgehead atoms. The summed E-state index contributed by atoms with van der Waals surface area (Å²) in [6.07, 6.45) is 0. The molecule has 0 unspecified atom stereocenters. The van der Waals surface area contributed by atoms with Crippen LogP contribution in [0.4, 0.5) is 0 Å². The lowest BCUT2D eigenvalue weighted by Gasteiger charge is -2.16. The summed E-state index contributed by atoms with van der Waals surface area (Å²) in [6, 6.07) is 31.9. The van der Waals surface area contributed by atoms with Gasteiger partial charge in [0.25, 0.3) is 0 Å². The van der Waals surface area contributed by atoms with E-state index in [9.17, 15) is 21.0 Å². The first-order valence-electron chi connectivity index (χ1n) is 11.3. The third kappa shape index (κ3) is 3.52. The van der Waals surface area contributed by atoms with E-state index in [2.05, 4.69) is 24.3 Å². The van der Waals surface area contributed by atoms with Crippen molar-refractivity contribution in [3.63, 3.8) is 0 Å². The van der Waals surface area contributed by atoms with E-state index in [-0.39, 0.29) is 0 Å². The monoisotopic (exact) mass is 458 g/mol. The molecule has 0 amide bonds. The van der Waals surface area contributed by atoms with E-state index in [1.54, 1.807) is 12.1 Å². The number of nitrogens with zero attached hydrogens (tertiary/aromatic N) is 4. The van der Waals surface area contributed by atoms with Crippen LogP contribution in [0.2, 0.25) is 0 Å². The Morgan fingerprint density at radius 3 is 1.19 bits per heavy atom. The second kappa shape index (κ2) is 8.74. The van der Waals surface area contributed by atoms with E-state index in [1.807, 2.05) is 74.5 Å². The minimum atomic E-state index is 0.299. The molecule has 4 heteroatoms. The van der Waals surface area contributed by atoms with Crippen LogP contribution in [0.1, 0.15) is 33.4 Å². The van der Waals surface area contributed by atoms with E-state index < -0.39 is 0 Å². The van der Waals surface area contributed by atoms with Crippen LogP contribution >= 0.6 is 0 Å². The lowest BCUT2D eigenvalue weighted by molar-refractivity contribution is 1.43. The fourth-order valence-electron chi connectivity index (χ4n) is 4.75. The Morgan fingerprint density at radius 1 is 0.472 bits per heavy atom. The van der Waals surface area contributed by atoms with Gasteiger partial charge < -0.3 is 0 Å². The molecule has 0 aromatic heterocycles. The molecule has 166 valence electrons. The molecule has 5 aromatic rings. The Balaban J connectivity index is 2.01. The lowest BCUT2D eigenvalue weighted by Crippen LogP contribution is -1.96. The average molecular weight is 459 g/mol. The van der Waals surface area contributed by atoms with Crippen molar-refractivity contribution in [3.8, 4) is 46.5 Å². The molecule has 0 radical (unpaired) electrons.